The quantitative estimate of drug-likeness (QED) is 0.899. The van der Waals surface area contributed by atoms with Crippen LogP contribution in [-0.2, 0) is 4.79 Å². The number of nitrogens with one attached hydrogen (secondary N) is 1. The number of nitrogens with two attached hydrogens (primary N) is 1. The zero-order valence-corrected chi connectivity index (χ0v) is 11.3. The fourth-order valence-electron chi connectivity index (χ4n) is 2.80. The molecule has 3 N–H and O–H groups in total. The van der Waals surface area contributed by atoms with Crippen molar-refractivity contribution in [2.45, 2.75) is 38.0 Å². The molecule has 1 aliphatic heterocycles. The molecule has 1 aliphatic carbocycles. The summed E-state index contributed by atoms with van der Waals surface area (Å²) in [5, 5.41) is 2.67. The van der Waals surface area contributed by atoms with E-state index in [2.05, 4.69) is 14.8 Å². The Bertz CT molecular complexity index is 565. The maximum atomic E-state index is 12.9. The molecule has 0 aromatic heterocycles. The van der Waals surface area contributed by atoms with Crippen LogP contribution in [0, 0.1) is 5.92 Å². The van der Waals surface area contributed by atoms with Gasteiger partial charge in [0.1, 0.15) is 0 Å². The van der Waals surface area contributed by atoms with Crippen molar-refractivity contribution in [3.8, 4) is 11.5 Å². The molecule has 1 aromatic rings. The van der Waals surface area contributed by atoms with Gasteiger partial charge in [-0.3, -0.25) is 4.79 Å². The van der Waals surface area contributed by atoms with Gasteiger partial charge in [0.25, 0.3) is 0 Å². The van der Waals surface area contributed by atoms with Gasteiger partial charge in [0.2, 0.25) is 5.91 Å². The van der Waals surface area contributed by atoms with Gasteiger partial charge in [-0.05, 0) is 30.9 Å². The van der Waals surface area contributed by atoms with Crippen LogP contribution < -0.4 is 20.5 Å². The van der Waals surface area contributed by atoms with Gasteiger partial charge >= 0.3 is 6.29 Å². The molecule has 0 saturated heterocycles. The number of carbonyl (C=O) groups is 1. The highest BCUT2D eigenvalue weighted by Gasteiger charge is 2.43. The predicted molar refractivity (Wildman–Crippen MR) is 71.2 cm³/mol. The normalized spacial score (nSPS) is 25.9. The van der Waals surface area contributed by atoms with Crippen molar-refractivity contribution in [1.29, 1.82) is 0 Å². The summed E-state index contributed by atoms with van der Waals surface area (Å²) < 4.78 is 34.4. The van der Waals surface area contributed by atoms with Crippen LogP contribution in [0.15, 0.2) is 18.2 Å². The largest absolute Gasteiger partial charge is 0.586 e. The first kappa shape index (κ1) is 14.1. The number of carbonyl (C=O) groups excluding carboxylic acids is 1. The van der Waals surface area contributed by atoms with Crippen molar-refractivity contribution >= 4 is 11.6 Å². The fourth-order valence-corrected chi connectivity index (χ4v) is 2.80. The Labute approximate surface area is 120 Å². The van der Waals surface area contributed by atoms with Gasteiger partial charge < -0.3 is 20.5 Å². The van der Waals surface area contributed by atoms with E-state index in [0.29, 0.717) is 12.1 Å². The van der Waals surface area contributed by atoms with Crippen LogP contribution in [0.1, 0.15) is 25.7 Å². The number of ether oxygens (including phenoxy) is 2. The second kappa shape index (κ2) is 5.14. The van der Waals surface area contributed by atoms with Gasteiger partial charge in [-0.1, -0.05) is 6.42 Å². The molecule has 1 heterocycles. The number of fused-ring (bicyclic) bond motifs is 1. The number of halogens is 2. The van der Waals surface area contributed by atoms with E-state index in [-0.39, 0.29) is 29.4 Å². The summed E-state index contributed by atoms with van der Waals surface area (Å²) in [6.07, 6.45) is -0.384. The molecule has 2 atom stereocenters. The summed E-state index contributed by atoms with van der Waals surface area (Å²) in [5.74, 6) is -0.127. The average molecular weight is 298 g/mol. The molecule has 0 spiro atoms. The number of rotatable bonds is 3. The van der Waals surface area contributed by atoms with Gasteiger partial charge in [0, 0.05) is 24.2 Å². The second-order valence-electron chi connectivity index (χ2n) is 5.44. The van der Waals surface area contributed by atoms with Crippen LogP contribution in [0.4, 0.5) is 14.5 Å². The number of benzene rings is 1. The van der Waals surface area contributed by atoms with Crippen molar-refractivity contribution < 1.29 is 23.0 Å². The van der Waals surface area contributed by atoms with E-state index in [0.717, 1.165) is 19.3 Å². The highest BCUT2D eigenvalue weighted by molar-refractivity contribution is 5.91. The van der Waals surface area contributed by atoms with Gasteiger partial charge in [-0.2, -0.15) is 0 Å². The molecule has 21 heavy (non-hydrogen) atoms. The molecule has 7 heteroatoms. The monoisotopic (exact) mass is 298 g/mol. The van der Waals surface area contributed by atoms with Gasteiger partial charge in [-0.15, -0.1) is 8.78 Å². The van der Waals surface area contributed by atoms with E-state index in [9.17, 15) is 13.6 Å². The van der Waals surface area contributed by atoms with Crippen LogP contribution in [0.3, 0.4) is 0 Å². The highest BCUT2D eigenvalue weighted by atomic mass is 19.3. The number of alkyl halides is 2. The van der Waals surface area contributed by atoms with Crippen molar-refractivity contribution in [3.05, 3.63) is 18.2 Å². The predicted octanol–water partition coefficient (Wildman–Crippen LogP) is 2.46. The molecule has 2 aliphatic rings. The highest BCUT2D eigenvalue weighted by Crippen LogP contribution is 2.42. The maximum Gasteiger partial charge on any atom is 0.586 e. The van der Waals surface area contributed by atoms with Crippen LogP contribution >= 0.6 is 0 Å². The molecule has 1 amide bonds. The summed E-state index contributed by atoms with van der Waals surface area (Å²) in [7, 11) is 0. The number of hydrogen-bond acceptors (Lipinski definition) is 4. The van der Waals surface area contributed by atoms with Gasteiger partial charge in [0.15, 0.2) is 11.5 Å². The van der Waals surface area contributed by atoms with Gasteiger partial charge in [-0.25, -0.2) is 0 Å². The third kappa shape index (κ3) is 3.07. The molecule has 114 valence electrons. The summed E-state index contributed by atoms with van der Waals surface area (Å²) in [5.41, 5.74) is 6.32. The van der Waals surface area contributed by atoms with E-state index in [4.69, 9.17) is 5.73 Å². The number of anilines is 1. The molecule has 0 unspecified atom stereocenters. The Kier molecular flexibility index (Phi) is 3.44. The van der Waals surface area contributed by atoms with Crippen molar-refractivity contribution in [1.82, 2.24) is 0 Å². The van der Waals surface area contributed by atoms with Crippen molar-refractivity contribution in [3.63, 3.8) is 0 Å². The van der Waals surface area contributed by atoms with E-state index in [1.165, 1.54) is 18.2 Å². The minimum Gasteiger partial charge on any atom is -0.395 e. The second-order valence-corrected chi connectivity index (χ2v) is 5.44. The fraction of sp³-hybridized carbons (Fsp3) is 0.500. The Morgan fingerprint density at radius 2 is 2.10 bits per heavy atom. The molecular formula is C14H16F2N2O3. The third-order valence-corrected chi connectivity index (χ3v) is 3.85. The van der Waals surface area contributed by atoms with Crippen LogP contribution in [0.25, 0.3) is 0 Å². The first-order valence-corrected chi connectivity index (χ1v) is 6.88. The number of amides is 1. The SMILES string of the molecule is N[C@@H]1CCC[C@H]1CC(=O)Nc1ccc2c(c1)OC(F)(F)O2. The van der Waals surface area contributed by atoms with E-state index in [1.807, 2.05) is 0 Å². The Hall–Kier alpha value is -1.89. The Morgan fingerprint density at radius 1 is 1.33 bits per heavy atom. The molecular weight excluding hydrogens is 282 g/mol. The molecule has 0 bridgehead atoms. The molecule has 1 fully saturated rings. The third-order valence-electron chi connectivity index (χ3n) is 3.85. The molecule has 0 radical (unpaired) electrons. The standard InChI is InChI=1S/C14H16F2N2O3/c15-14(16)20-11-5-4-9(7-12(11)21-14)18-13(19)6-8-2-1-3-10(8)17/h4-5,7-8,10H,1-3,6,17H2,(H,18,19)/t8-,10+/m0/s1. The lowest BCUT2D eigenvalue weighted by Crippen LogP contribution is -2.28. The lowest BCUT2D eigenvalue weighted by Gasteiger charge is -2.14. The molecule has 1 saturated carbocycles. The van der Waals surface area contributed by atoms with Crippen LogP contribution in [0.2, 0.25) is 0 Å². The number of hydrogen-bond donors (Lipinski definition) is 2. The summed E-state index contributed by atoms with van der Waals surface area (Å²) in [4.78, 5) is 12.0. The molecule has 3 rings (SSSR count). The summed E-state index contributed by atoms with van der Waals surface area (Å²) in [6.45, 7) is 0. The molecule has 1 aromatic carbocycles. The van der Waals surface area contributed by atoms with Gasteiger partial charge in [0.05, 0.1) is 0 Å². The summed E-state index contributed by atoms with van der Waals surface area (Å²) in [6, 6.07) is 4.22. The Balaban J connectivity index is 1.62. The maximum absolute atomic E-state index is 12.9. The minimum absolute atomic E-state index is 0.0455. The lowest BCUT2D eigenvalue weighted by molar-refractivity contribution is -0.286. The zero-order chi connectivity index (χ0) is 15.0. The average Bonchev–Trinajstić information content (AvgIpc) is 2.91. The topological polar surface area (TPSA) is 73.6 Å². The lowest BCUT2D eigenvalue weighted by atomic mass is 10.00. The summed E-state index contributed by atoms with van der Waals surface area (Å²) >= 11 is 0. The van der Waals surface area contributed by atoms with Crippen molar-refractivity contribution in [2.75, 3.05) is 5.32 Å². The van der Waals surface area contributed by atoms with Crippen molar-refractivity contribution in [2.24, 2.45) is 11.7 Å². The minimum atomic E-state index is -3.65. The van der Waals surface area contributed by atoms with Crippen LogP contribution in [0.5, 0.6) is 11.5 Å². The Morgan fingerprint density at radius 3 is 2.81 bits per heavy atom. The van der Waals surface area contributed by atoms with E-state index in [1.54, 1.807) is 0 Å². The van der Waals surface area contributed by atoms with Crippen LogP contribution in [-0.4, -0.2) is 18.2 Å². The molecule has 5 nitrogen and oxygen atoms in total. The zero-order valence-electron chi connectivity index (χ0n) is 11.3. The smallest absolute Gasteiger partial charge is 0.395 e. The van der Waals surface area contributed by atoms with E-state index < -0.39 is 6.29 Å². The van der Waals surface area contributed by atoms with E-state index >= 15 is 0 Å². The first-order valence-electron chi connectivity index (χ1n) is 6.88. The first-order chi connectivity index (χ1) is 9.93.